The van der Waals surface area contributed by atoms with Crippen LogP contribution in [0.15, 0.2) is 12.1 Å². The van der Waals surface area contributed by atoms with E-state index in [0.29, 0.717) is 4.83 Å². The second-order valence-corrected chi connectivity index (χ2v) is 4.85. The Morgan fingerprint density at radius 3 is 2.38 bits per heavy atom. The molecule has 0 aromatic heterocycles. The molecule has 0 amide bonds. The van der Waals surface area contributed by atoms with E-state index < -0.39 is 0 Å². The lowest BCUT2D eigenvalue weighted by Crippen LogP contribution is -1.92. The highest BCUT2D eigenvalue weighted by atomic mass is 79.9. The summed E-state index contributed by atoms with van der Waals surface area (Å²) in [6.07, 6.45) is 1.06. The number of aryl methyl sites for hydroxylation is 2. The van der Waals surface area contributed by atoms with Gasteiger partial charge in [-0.2, -0.15) is 0 Å². The van der Waals surface area contributed by atoms with Crippen LogP contribution in [0.5, 0.6) is 0 Å². The average molecular weight is 262 g/mol. The van der Waals surface area contributed by atoms with Crippen LogP contribution in [0.2, 0.25) is 5.02 Å². The first-order valence-electron chi connectivity index (χ1n) is 4.47. The predicted octanol–water partition coefficient (Wildman–Crippen LogP) is 4.80. The van der Waals surface area contributed by atoms with Gasteiger partial charge in [-0.15, -0.1) is 0 Å². The number of hydrogen-bond donors (Lipinski definition) is 0. The van der Waals surface area contributed by atoms with Crippen LogP contribution < -0.4 is 0 Å². The molecule has 1 unspecified atom stereocenters. The van der Waals surface area contributed by atoms with Crippen molar-refractivity contribution in [1.29, 1.82) is 0 Å². The number of hydrogen-bond acceptors (Lipinski definition) is 0. The maximum Gasteiger partial charge on any atom is 0.0452 e. The van der Waals surface area contributed by atoms with Gasteiger partial charge in [0.1, 0.15) is 0 Å². The van der Waals surface area contributed by atoms with Gasteiger partial charge < -0.3 is 0 Å². The molecular weight excluding hydrogens is 247 g/mol. The van der Waals surface area contributed by atoms with E-state index in [0.717, 1.165) is 11.4 Å². The van der Waals surface area contributed by atoms with Crippen LogP contribution in [-0.2, 0) is 0 Å². The first-order valence-corrected chi connectivity index (χ1v) is 5.76. The molecular formula is C11H14BrCl. The molecule has 0 aliphatic carbocycles. The van der Waals surface area contributed by atoms with Gasteiger partial charge >= 0.3 is 0 Å². The lowest BCUT2D eigenvalue weighted by atomic mass is 10.0. The van der Waals surface area contributed by atoms with Gasteiger partial charge in [0.15, 0.2) is 0 Å². The molecule has 0 bridgehead atoms. The fourth-order valence-electron chi connectivity index (χ4n) is 1.26. The maximum atomic E-state index is 6.15. The molecule has 1 atom stereocenters. The quantitative estimate of drug-likeness (QED) is 0.671. The van der Waals surface area contributed by atoms with Crippen molar-refractivity contribution in [2.45, 2.75) is 32.0 Å². The van der Waals surface area contributed by atoms with Gasteiger partial charge in [0.2, 0.25) is 0 Å². The summed E-state index contributed by atoms with van der Waals surface area (Å²) in [4.78, 5) is 0.374. The lowest BCUT2D eigenvalue weighted by Gasteiger charge is -2.12. The van der Waals surface area contributed by atoms with Gasteiger partial charge in [-0.25, -0.2) is 0 Å². The Morgan fingerprint density at radius 1 is 1.31 bits per heavy atom. The molecule has 1 aromatic rings. The Bertz CT molecular complexity index is 307. The maximum absolute atomic E-state index is 6.15. The number of benzene rings is 1. The van der Waals surface area contributed by atoms with E-state index in [-0.39, 0.29) is 0 Å². The summed E-state index contributed by atoms with van der Waals surface area (Å²) in [6, 6.07) is 4.21. The van der Waals surface area contributed by atoms with E-state index in [1.54, 1.807) is 0 Å². The molecule has 2 heteroatoms. The normalized spacial score (nSPS) is 13.0. The molecule has 0 aliphatic heterocycles. The molecule has 0 saturated carbocycles. The third-order valence-corrected chi connectivity index (χ3v) is 3.78. The summed E-state index contributed by atoms with van der Waals surface area (Å²) >= 11 is 9.76. The van der Waals surface area contributed by atoms with Gasteiger partial charge in [-0.05, 0) is 43.0 Å². The third kappa shape index (κ3) is 2.47. The summed E-state index contributed by atoms with van der Waals surface area (Å²) in [5.41, 5.74) is 3.76. The van der Waals surface area contributed by atoms with Crippen LogP contribution in [0.25, 0.3) is 0 Å². The van der Waals surface area contributed by atoms with Crippen molar-refractivity contribution in [3.8, 4) is 0 Å². The molecule has 72 valence electrons. The SMILES string of the molecule is CCC(Br)c1cc(C)c(C)cc1Cl. The van der Waals surface area contributed by atoms with Crippen molar-refractivity contribution in [3.05, 3.63) is 33.8 Å². The zero-order valence-corrected chi connectivity index (χ0v) is 10.5. The topological polar surface area (TPSA) is 0 Å². The zero-order chi connectivity index (χ0) is 10.0. The largest absolute Gasteiger partial charge is 0.0840 e. The highest BCUT2D eigenvalue weighted by Gasteiger charge is 2.10. The first kappa shape index (κ1) is 11.1. The Hall–Kier alpha value is -0.0100. The molecule has 1 rings (SSSR count). The van der Waals surface area contributed by atoms with Crippen molar-refractivity contribution in [2.75, 3.05) is 0 Å². The van der Waals surface area contributed by atoms with E-state index >= 15 is 0 Å². The van der Waals surface area contributed by atoms with Crippen molar-refractivity contribution in [1.82, 2.24) is 0 Å². The summed E-state index contributed by atoms with van der Waals surface area (Å²) in [5.74, 6) is 0. The van der Waals surface area contributed by atoms with Crippen LogP contribution in [-0.4, -0.2) is 0 Å². The first-order chi connectivity index (χ1) is 6.06. The summed E-state index contributed by atoms with van der Waals surface area (Å²) in [7, 11) is 0. The fraction of sp³-hybridized carbons (Fsp3) is 0.455. The smallest absolute Gasteiger partial charge is 0.0452 e. The van der Waals surface area contributed by atoms with Gasteiger partial charge in [0, 0.05) is 9.85 Å². The molecule has 0 radical (unpaired) electrons. The van der Waals surface area contributed by atoms with Crippen LogP contribution in [0.1, 0.15) is 34.9 Å². The van der Waals surface area contributed by atoms with Crippen LogP contribution >= 0.6 is 27.5 Å². The summed E-state index contributed by atoms with van der Waals surface area (Å²) in [6.45, 7) is 6.34. The minimum absolute atomic E-state index is 0.374. The summed E-state index contributed by atoms with van der Waals surface area (Å²) in [5, 5.41) is 0.867. The highest BCUT2D eigenvalue weighted by Crippen LogP contribution is 2.33. The highest BCUT2D eigenvalue weighted by molar-refractivity contribution is 9.09. The molecule has 13 heavy (non-hydrogen) atoms. The van der Waals surface area contributed by atoms with E-state index in [1.807, 2.05) is 6.07 Å². The van der Waals surface area contributed by atoms with Crippen molar-refractivity contribution in [3.63, 3.8) is 0 Å². The molecule has 0 fully saturated rings. The second-order valence-electron chi connectivity index (χ2n) is 3.33. The van der Waals surface area contributed by atoms with Crippen LogP contribution in [0.3, 0.4) is 0 Å². The average Bonchev–Trinajstić information content (AvgIpc) is 2.10. The van der Waals surface area contributed by atoms with E-state index in [2.05, 4.69) is 42.8 Å². The Labute approximate surface area is 93.4 Å². The Morgan fingerprint density at radius 2 is 1.85 bits per heavy atom. The molecule has 0 heterocycles. The molecule has 1 aromatic carbocycles. The zero-order valence-electron chi connectivity index (χ0n) is 8.20. The molecule has 0 aliphatic rings. The van der Waals surface area contributed by atoms with Crippen molar-refractivity contribution >= 4 is 27.5 Å². The van der Waals surface area contributed by atoms with Gasteiger partial charge in [-0.3, -0.25) is 0 Å². The van der Waals surface area contributed by atoms with E-state index in [4.69, 9.17) is 11.6 Å². The van der Waals surface area contributed by atoms with Crippen molar-refractivity contribution in [2.24, 2.45) is 0 Å². The number of rotatable bonds is 2. The Kier molecular flexibility index (Phi) is 3.81. The van der Waals surface area contributed by atoms with Gasteiger partial charge in [-0.1, -0.05) is 40.5 Å². The molecule has 0 saturated heterocycles. The van der Waals surface area contributed by atoms with Gasteiger partial charge in [0.25, 0.3) is 0 Å². The second kappa shape index (κ2) is 4.47. The number of halogens is 2. The van der Waals surface area contributed by atoms with E-state index in [1.165, 1.54) is 16.7 Å². The van der Waals surface area contributed by atoms with E-state index in [9.17, 15) is 0 Å². The predicted molar refractivity (Wildman–Crippen MR) is 62.9 cm³/mol. The monoisotopic (exact) mass is 260 g/mol. The minimum Gasteiger partial charge on any atom is -0.0840 e. The van der Waals surface area contributed by atoms with Crippen molar-refractivity contribution < 1.29 is 0 Å². The van der Waals surface area contributed by atoms with Gasteiger partial charge in [0.05, 0.1) is 0 Å². The molecule has 0 nitrogen and oxygen atoms in total. The minimum atomic E-state index is 0.374. The molecule has 0 N–H and O–H groups in total. The lowest BCUT2D eigenvalue weighted by molar-refractivity contribution is 0.909. The molecule has 0 spiro atoms. The Balaban J connectivity index is 3.15. The van der Waals surface area contributed by atoms with Crippen LogP contribution in [0, 0.1) is 13.8 Å². The summed E-state index contributed by atoms with van der Waals surface area (Å²) < 4.78 is 0. The van der Waals surface area contributed by atoms with Crippen LogP contribution in [0.4, 0.5) is 0 Å². The standard InChI is InChI=1S/C11H14BrCl/c1-4-10(12)9-5-7(2)8(3)6-11(9)13/h5-6,10H,4H2,1-3H3. The number of alkyl halides is 1. The fourth-order valence-corrected chi connectivity index (χ4v) is 2.12. The third-order valence-electron chi connectivity index (χ3n) is 2.31.